The van der Waals surface area contributed by atoms with Gasteiger partial charge in [0.25, 0.3) is 5.91 Å². The zero-order valence-corrected chi connectivity index (χ0v) is 20.4. The van der Waals surface area contributed by atoms with Gasteiger partial charge in [-0.2, -0.15) is 0 Å². The first-order chi connectivity index (χ1) is 15.7. The zero-order valence-electron chi connectivity index (χ0n) is 20.4. The van der Waals surface area contributed by atoms with E-state index in [0.29, 0.717) is 18.7 Å². The first-order valence-electron chi connectivity index (χ1n) is 11.5. The van der Waals surface area contributed by atoms with Crippen LogP contribution in [0.15, 0.2) is 40.8 Å². The van der Waals surface area contributed by atoms with E-state index in [2.05, 4.69) is 39.9 Å². The number of methoxy groups -OCH3 is 1. The molecule has 1 aliphatic rings. The first-order valence-corrected chi connectivity index (χ1v) is 11.5. The van der Waals surface area contributed by atoms with Crippen LogP contribution in [-0.2, 0) is 19.4 Å². The Bertz CT molecular complexity index is 1170. The van der Waals surface area contributed by atoms with Gasteiger partial charge in [-0.05, 0) is 105 Å². The predicted octanol–water partition coefficient (Wildman–Crippen LogP) is 5.84. The van der Waals surface area contributed by atoms with Gasteiger partial charge < -0.3 is 19.2 Å². The Balaban J connectivity index is 1.48. The molecule has 0 radical (unpaired) electrons. The summed E-state index contributed by atoms with van der Waals surface area (Å²) in [4.78, 5) is 12.6. The zero-order chi connectivity index (χ0) is 23.8. The first kappa shape index (κ1) is 23.0. The Morgan fingerprint density at radius 3 is 2.45 bits per heavy atom. The van der Waals surface area contributed by atoms with Gasteiger partial charge >= 0.3 is 0 Å². The summed E-state index contributed by atoms with van der Waals surface area (Å²) in [5.74, 6) is 2.73. The number of fused-ring (bicyclic) bond motifs is 1. The minimum atomic E-state index is -0.220. The topological polar surface area (TPSA) is 60.7 Å². The Hall–Kier alpha value is -3.21. The quantitative estimate of drug-likeness (QED) is 0.516. The maximum Gasteiger partial charge on any atom is 0.287 e. The lowest BCUT2D eigenvalue weighted by Crippen LogP contribution is -2.33. The molecule has 1 aliphatic heterocycles. The molecule has 0 bridgehead atoms. The molecule has 0 saturated heterocycles. The Morgan fingerprint density at radius 1 is 1.03 bits per heavy atom. The SMILES string of the molecule is COc1ccc(CNC(=O)c2ccc(Cc3c(C)c(C)c4c(c3C)CCC(C)(C)O4)o2)cc1. The highest BCUT2D eigenvalue weighted by Gasteiger charge is 2.30. The van der Waals surface area contributed by atoms with Crippen LogP contribution >= 0.6 is 0 Å². The van der Waals surface area contributed by atoms with Crippen molar-refractivity contribution < 1.29 is 18.7 Å². The minimum absolute atomic E-state index is 0.132. The van der Waals surface area contributed by atoms with E-state index >= 15 is 0 Å². The van der Waals surface area contributed by atoms with E-state index in [1.165, 1.54) is 27.8 Å². The number of rotatable bonds is 6. The van der Waals surface area contributed by atoms with Crippen LogP contribution in [0.1, 0.15) is 70.0 Å². The Kier molecular flexibility index (Phi) is 6.24. The van der Waals surface area contributed by atoms with Gasteiger partial charge in [-0.15, -0.1) is 0 Å². The molecule has 4 rings (SSSR count). The van der Waals surface area contributed by atoms with Crippen LogP contribution in [0, 0.1) is 20.8 Å². The fourth-order valence-electron chi connectivity index (χ4n) is 4.50. The number of hydrogen-bond donors (Lipinski definition) is 1. The molecule has 2 aromatic carbocycles. The molecule has 1 amide bonds. The number of carbonyl (C=O) groups excluding carboxylic acids is 1. The molecule has 3 aromatic rings. The van der Waals surface area contributed by atoms with E-state index in [0.717, 1.165) is 35.7 Å². The van der Waals surface area contributed by atoms with Gasteiger partial charge in [-0.25, -0.2) is 0 Å². The summed E-state index contributed by atoms with van der Waals surface area (Å²) in [5, 5.41) is 2.92. The largest absolute Gasteiger partial charge is 0.497 e. The molecule has 0 atom stereocenters. The minimum Gasteiger partial charge on any atom is -0.497 e. The molecule has 33 heavy (non-hydrogen) atoms. The standard InChI is InChI=1S/C28H33NO4/c1-17-18(2)26-23(13-14-28(4,5)33-26)19(3)24(17)15-22-11-12-25(32-22)27(30)29-16-20-7-9-21(31-6)10-8-20/h7-12H,13-16H2,1-6H3,(H,29,30). The molecule has 2 heterocycles. The second-order valence-corrected chi connectivity index (χ2v) is 9.50. The number of hydrogen-bond acceptors (Lipinski definition) is 4. The third-order valence-corrected chi connectivity index (χ3v) is 6.74. The van der Waals surface area contributed by atoms with Gasteiger partial charge in [-0.1, -0.05) is 12.1 Å². The van der Waals surface area contributed by atoms with Crippen LogP contribution in [0.25, 0.3) is 0 Å². The molecule has 0 aliphatic carbocycles. The number of nitrogens with one attached hydrogen (secondary N) is 1. The second-order valence-electron chi connectivity index (χ2n) is 9.50. The van der Waals surface area contributed by atoms with Gasteiger partial charge in [0, 0.05) is 13.0 Å². The highest BCUT2D eigenvalue weighted by molar-refractivity contribution is 5.91. The number of ether oxygens (including phenoxy) is 2. The molecule has 0 unspecified atom stereocenters. The highest BCUT2D eigenvalue weighted by atomic mass is 16.5. The van der Waals surface area contributed by atoms with Crippen molar-refractivity contribution in [2.24, 2.45) is 0 Å². The molecule has 1 N–H and O–H groups in total. The van der Waals surface area contributed by atoms with Crippen LogP contribution in [0.2, 0.25) is 0 Å². The molecular formula is C28H33NO4. The van der Waals surface area contributed by atoms with Crippen molar-refractivity contribution in [1.82, 2.24) is 5.32 Å². The van der Waals surface area contributed by atoms with Gasteiger partial charge in [0.15, 0.2) is 5.76 Å². The van der Waals surface area contributed by atoms with E-state index in [4.69, 9.17) is 13.9 Å². The molecule has 5 heteroatoms. The van der Waals surface area contributed by atoms with Crippen molar-refractivity contribution in [3.8, 4) is 11.5 Å². The molecule has 1 aromatic heterocycles. The average Bonchev–Trinajstić information content (AvgIpc) is 3.27. The number of benzene rings is 2. The van der Waals surface area contributed by atoms with Gasteiger partial charge in [-0.3, -0.25) is 4.79 Å². The lowest BCUT2D eigenvalue weighted by Gasteiger charge is -2.35. The van der Waals surface area contributed by atoms with Gasteiger partial charge in [0.2, 0.25) is 0 Å². The van der Waals surface area contributed by atoms with Gasteiger partial charge in [0.1, 0.15) is 22.9 Å². The van der Waals surface area contributed by atoms with Crippen LogP contribution in [0.4, 0.5) is 0 Å². The molecule has 0 spiro atoms. The number of carbonyl (C=O) groups is 1. The van der Waals surface area contributed by atoms with Crippen molar-refractivity contribution in [2.45, 2.75) is 66.0 Å². The van der Waals surface area contributed by atoms with Crippen molar-refractivity contribution >= 4 is 5.91 Å². The summed E-state index contributed by atoms with van der Waals surface area (Å²) in [6.07, 6.45) is 2.67. The third kappa shape index (κ3) is 4.77. The van der Waals surface area contributed by atoms with Gasteiger partial charge in [0.05, 0.1) is 7.11 Å². The van der Waals surface area contributed by atoms with Crippen molar-refractivity contribution in [2.75, 3.05) is 7.11 Å². The second kappa shape index (κ2) is 8.97. The van der Waals surface area contributed by atoms with Crippen molar-refractivity contribution in [3.05, 3.63) is 81.3 Å². The summed E-state index contributed by atoms with van der Waals surface area (Å²) >= 11 is 0. The third-order valence-electron chi connectivity index (χ3n) is 6.74. The monoisotopic (exact) mass is 447 g/mol. The average molecular weight is 448 g/mol. The molecular weight excluding hydrogens is 414 g/mol. The van der Waals surface area contributed by atoms with E-state index < -0.39 is 0 Å². The molecule has 5 nitrogen and oxygen atoms in total. The van der Waals surface area contributed by atoms with Crippen molar-refractivity contribution in [3.63, 3.8) is 0 Å². The lowest BCUT2D eigenvalue weighted by atomic mass is 9.84. The summed E-state index contributed by atoms with van der Waals surface area (Å²) in [6, 6.07) is 11.3. The maximum absolute atomic E-state index is 12.6. The van der Waals surface area contributed by atoms with E-state index in [-0.39, 0.29) is 11.5 Å². The Morgan fingerprint density at radius 2 is 1.76 bits per heavy atom. The number of amides is 1. The predicted molar refractivity (Wildman–Crippen MR) is 129 cm³/mol. The van der Waals surface area contributed by atoms with Crippen molar-refractivity contribution in [1.29, 1.82) is 0 Å². The van der Waals surface area contributed by atoms with Crippen LogP contribution in [0.5, 0.6) is 11.5 Å². The molecule has 0 saturated carbocycles. The summed E-state index contributed by atoms with van der Waals surface area (Å²) in [7, 11) is 1.63. The summed E-state index contributed by atoms with van der Waals surface area (Å²) in [6.45, 7) is 11.2. The smallest absolute Gasteiger partial charge is 0.287 e. The number of furan rings is 1. The fraction of sp³-hybridized carbons (Fsp3) is 0.393. The maximum atomic E-state index is 12.6. The van der Waals surface area contributed by atoms with Crippen LogP contribution in [-0.4, -0.2) is 18.6 Å². The van der Waals surface area contributed by atoms with E-state index in [1.807, 2.05) is 30.3 Å². The highest BCUT2D eigenvalue weighted by Crippen LogP contribution is 2.41. The Labute approximate surface area is 196 Å². The van der Waals surface area contributed by atoms with Crippen LogP contribution < -0.4 is 14.8 Å². The van der Waals surface area contributed by atoms with Crippen LogP contribution in [0.3, 0.4) is 0 Å². The summed E-state index contributed by atoms with van der Waals surface area (Å²) < 4.78 is 17.5. The lowest BCUT2D eigenvalue weighted by molar-refractivity contribution is 0.0833. The van der Waals surface area contributed by atoms with E-state index in [9.17, 15) is 4.79 Å². The summed E-state index contributed by atoms with van der Waals surface area (Å²) in [5.41, 5.74) is 7.12. The normalized spacial score (nSPS) is 14.4. The molecule has 0 fully saturated rings. The molecule has 174 valence electrons. The fourth-order valence-corrected chi connectivity index (χ4v) is 4.50. The van der Waals surface area contributed by atoms with E-state index in [1.54, 1.807) is 13.2 Å².